The van der Waals surface area contributed by atoms with E-state index in [0.717, 1.165) is 16.4 Å². The van der Waals surface area contributed by atoms with Gasteiger partial charge in [-0.15, -0.1) is 0 Å². The van der Waals surface area contributed by atoms with Crippen molar-refractivity contribution in [3.05, 3.63) is 35.1 Å². The fraction of sp³-hybridized carbons (Fsp3) is 0.500. The maximum Gasteiger partial charge on any atom is 0.243 e. The molecule has 0 amide bonds. The number of benzene rings is 1. The zero-order valence-electron chi connectivity index (χ0n) is 14.3. The van der Waals surface area contributed by atoms with E-state index < -0.39 is 8.32 Å². The molecule has 124 valence electrons. The van der Waals surface area contributed by atoms with Crippen LogP contribution in [0, 0.1) is 0 Å². The van der Waals surface area contributed by atoms with Gasteiger partial charge in [-0.2, -0.15) is 0 Å². The summed E-state index contributed by atoms with van der Waals surface area (Å²) in [5.74, 6) is 2.37. The maximum absolute atomic E-state index is 5.99. The molecule has 0 fully saturated rings. The van der Waals surface area contributed by atoms with Gasteiger partial charge in [-0.05, 0) is 43.1 Å². The minimum Gasteiger partial charge on any atom is -0.538 e. The normalized spacial score (nSPS) is 12.0. The Labute approximate surface area is 138 Å². The highest BCUT2D eigenvalue weighted by Crippen LogP contribution is 2.28. The van der Waals surface area contributed by atoms with Crippen molar-refractivity contribution < 1.29 is 18.6 Å². The van der Waals surface area contributed by atoms with E-state index in [-0.39, 0.29) is 0 Å². The molecule has 0 bridgehead atoms. The molecule has 0 atom stereocenters. The molecule has 0 heterocycles. The van der Waals surface area contributed by atoms with E-state index in [1.807, 2.05) is 18.2 Å². The van der Waals surface area contributed by atoms with Crippen LogP contribution in [0.4, 0.5) is 0 Å². The van der Waals surface area contributed by atoms with Gasteiger partial charge in [-0.25, -0.2) is 0 Å². The van der Waals surface area contributed by atoms with Gasteiger partial charge in [-0.1, -0.05) is 24.8 Å². The number of hydrogen-bond acceptors (Lipinski definition) is 5. The Kier molecular flexibility index (Phi) is 7.68. The molecule has 1 aromatic carbocycles. The first-order valence-electron chi connectivity index (χ1n) is 7.24. The van der Waals surface area contributed by atoms with E-state index in [9.17, 15) is 0 Å². The summed E-state index contributed by atoms with van der Waals surface area (Å²) in [4.78, 5) is 0. The van der Waals surface area contributed by atoms with Gasteiger partial charge in [0, 0.05) is 0 Å². The number of thioether (sulfide) groups is 1. The number of methoxy groups -OCH3 is 2. The first kappa shape index (κ1) is 18.8. The van der Waals surface area contributed by atoms with Crippen molar-refractivity contribution in [2.45, 2.75) is 33.2 Å². The summed E-state index contributed by atoms with van der Waals surface area (Å²) in [7, 11) is 1.63. The van der Waals surface area contributed by atoms with Crippen LogP contribution >= 0.6 is 11.8 Å². The molecule has 0 radical (unpaired) electrons. The predicted molar refractivity (Wildman–Crippen MR) is 95.0 cm³/mol. The average molecular weight is 343 g/mol. The number of rotatable bonds is 9. The molecule has 0 aliphatic carbocycles. The van der Waals surface area contributed by atoms with E-state index in [4.69, 9.17) is 18.6 Å². The molecule has 0 spiro atoms. The van der Waals surface area contributed by atoms with Crippen LogP contribution in [0.25, 0.3) is 0 Å². The smallest absolute Gasteiger partial charge is 0.243 e. The lowest BCUT2D eigenvalue weighted by Gasteiger charge is -2.20. The third kappa shape index (κ3) is 6.66. The second-order valence-corrected chi connectivity index (χ2v) is 11.3. The van der Waals surface area contributed by atoms with Gasteiger partial charge in [0.15, 0.2) is 16.6 Å². The zero-order chi connectivity index (χ0) is 16.6. The second kappa shape index (κ2) is 9.00. The Morgan fingerprint density at radius 3 is 2.36 bits per heavy atom. The minimum absolute atomic E-state index is 0.461. The van der Waals surface area contributed by atoms with Crippen LogP contribution in [0.1, 0.15) is 12.5 Å². The molecular formula is C16H26O4SSi. The molecule has 0 saturated heterocycles. The topological polar surface area (TPSA) is 36.9 Å². The van der Waals surface area contributed by atoms with Crippen LogP contribution in [-0.4, -0.2) is 28.3 Å². The van der Waals surface area contributed by atoms with Gasteiger partial charge in [0.25, 0.3) is 0 Å². The molecule has 0 saturated carbocycles. The molecular weight excluding hydrogens is 316 g/mol. The standard InChI is InChI=1S/C16H26O4SSi/c1-7-21-16(20-22(4,5)6)12-19-11-13-8-9-14(17-2)15(10-13)18-3/h8-10,12H,7,11H2,1-6H3/b16-12-. The maximum atomic E-state index is 5.99. The third-order valence-corrected chi connectivity index (χ3v) is 4.30. The molecule has 6 heteroatoms. The molecule has 22 heavy (non-hydrogen) atoms. The van der Waals surface area contributed by atoms with Crippen molar-refractivity contribution in [1.82, 2.24) is 0 Å². The van der Waals surface area contributed by atoms with Gasteiger partial charge in [-0.3, -0.25) is 0 Å². The fourth-order valence-corrected chi connectivity index (χ4v) is 3.77. The van der Waals surface area contributed by atoms with Crippen LogP contribution in [0.3, 0.4) is 0 Å². The van der Waals surface area contributed by atoms with E-state index in [2.05, 4.69) is 26.6 Å². The molecule has 0 aliphatic heterocycles. The SMILES string of the molecule is CCS/C(=C\OCc1ccc(OC)c(OC)c1)O[Si](C)(C)C. The summed E-state index contributed by atoms with van der Waals surface area (Å²) in [6.45, 7) is 9.03. The molecule has 0 aromatic heterocycles. The summed E-state index contributed by atoms with van der Waals surface area (Å²) in [6.07, 6.45) is 1.71. The van der Waals surface area contributed by atoms with Crippen LogP contribution in [0.15, 0.2) is 29.6 Å². The Morgan fingerprint density at radius 1 is 1.14 bits per heavy atom. The summed E-state index contributed by atoms with van der Waals surface area (Å²) in [5, 5.41) is 0.849. The highest BCUT2D eigenvalue weighted by atomic mass is 32.2. The van der Waals surface area contributed by atoms with Gasteiger partial charge >= 0.3 is 0 Å². The summed E-state index contributed by atoms with van der Waals surface area (Å²) < 4.78 is 22.2. The average Bonchev–Trinajstić information content (AvgIpc) is 2.45. The lowest BCUT2D eigenvalue weighted by Crippen LogP contribution is -2.24. The lowest BCUT2D eigenvalue weighted by atomic mass is 10.2. The van der Waals surface area contributed by atoms with Crippen LogP contribution in [-0.2, 0) is 15.8 Å². The molecule has 0 unspecified atom stereocenters. The molecule has 1 aromatic rings. The Bertz CT molecular complexity index is 497. The molecule has 4 nitrogen and oxygen atoms in total. The van der Waals surface area contributed by atoms with E-state index in [1.54, 1.807) is 32.2 Å². The third-order valence-electron chi connectivity index (χ3n) is 2.57. The Balaban J connectivity index is 2.69. The first-order chi connectivity index (χ1) is 10.4. The zero-order valence-corrected chi connectivity index (χ0v) is 16.1. The van der Waals surface area contributed by atoms with E-state index in [0.29, 0.717) is 18.1 Å². The van der Waals surface area contributed by atoms with Gasteiger partial charge in [0.1, 0.15) is 12.9 Å². The predicted octanol–water partition coefficient (Wildman–Crippen LogP) is 4.62. The molecule has 0 N–H and O–H groups in total. The summed E-state index contributed by atoms with van der Waals surface area (Å²) in [6, 6.07) is 5.75. The summed E-state index contributed by atoms with van der Waals surface area (Å²) in [5.41, 5.74) is 1.02. The Hall–Kier alpha value is -1.27. The largest absolute Gasteiger partial charge is 0.538 e. The van der Waals surface area contributed by atoms with Crippen LogP contribution in [0.2, 0.25) is 19.6 Å². The number of ether oxygens (including phenoxy) is 3. The lowest BCUT2D eigenvalue weighted by molar-refractivity contribution is 0.224. The highest BCUT2D eigenvalue weighted by Gasteiger charge is 2.18. The fourth-order valence-electron chi connectivity index (χ4n) is 1.71. The Morgan fingerprint density at radius 2 is 1.82 bits per heavy atom. The quantitative estimate of drug-likeness (QED) is 0.483. The van der Waals surface area contributed by atoms with Crippen molar-refractivity contribution in [2.75, 3.05) is 20.0 Å². The van der Waals surface area contributed by atoms with E-state index in [1.165, 1.54) is 0 Å². The minimum atomic E-state index is -1.62. The van der Waals surface area contributed by atoms with Crippen molar-refractivity contribution >= 4 is 20.1 Å². The summed E-state index contributed by atoms with van der Waals surface area (Å²) >= 11 is 1.66. The van der Waals surface area contributed by atoms with Gasteiger partial charge < -0.3 is 18.6 Å². The van der Waals surface area contributed by atoms with Crippen molar-refractivity contribution in [2.24, 2.45) is 0 Å². The van der Waals surface area contributed by atoms with E-state index >= 15 is 0 Å². The van der Waals surface area contributed by atoms with Gasteiger partial charge in [0.2, 0.25) is 8.32 Å². The van der Waals surface area contributed by atoms with Crippen molar-refractivity contribution in [3.63, 3.8) is 0 Å². The number of hydrogen-bond donors (Lipinski definition) is 0. The molecule has 1 rings (SSSR count). The first-order valence-corrected chi connectivity index (χ1v) is 11.6. The highest BCUT2D eigenvalue weighted by molar-refractivity contribution is 8.02. The van der Waals surface area contributed by atoms with Crippen LogP contribution in [0.5, 0.6) is 11.5 Å². The second-order valence-electron chi connectivity index (χ2n) is 5.58. The monoisotopic (exact) mass is 342 g/mol. The van der Waals surface area contributed by atoms with Gasteiger partial charge in [0.05, 0.1) is 14.2 Å². The van der Waals surface area contributed by atoms with Crippen LogP contribution < -0.4 is 9.47 Å². The van der Waals surface area contributed by atoms with Crippen molar-refractivity contribution in [1.29, 1.82) is 0 Å². The molecule has 0 aliphatic rings. The van der Waals surface area contributed by atoms with Crippen molar-refractivity contribution in [3.8, 4) is 11.5 Å².